The fourth-order valence-electron chi connectivity index (χ4n) is 3.29. The molecule has 7 heteroatoms. The van der Waals surface area contributed by atoms with Crippen molar-refractivity contribution in [2.45, 2.75) is 38.4 Å². The maximum Gasteiger partial charge on any atom is 0.317 e. The molecule has 0 bridgehead atoms. The first-order valence-corrected chi connectivity index (χ1v) is 8.79. The average molecular weight is 342 g/mol. The van der Waals surface area contributed by atoms with E-state index in [0.29, 0.717) is 12.6 Å². The van der Waals surface area contributed by atoms with Gasteiger partial charge in [0.25, 0.3) is 0 Å². The second kappa shape index (κ2) is 8.00. The number of aromatic nitrogens is 3. The summed E-state index contributed by atoms with van der Waals surface area (Å²) in [6.07, 6.45) is 5.13. The van der Waals surface area contributed by atoms with Crippen molar-refractivity contribution in [3.05, 3.63) is 43.0 Å². The zero-order chi connectivity index (χ0) is 17.6. The molecule has 1 aliphatic rings. The van der Waals surface area contributed by atoms with E-state index < -0.39 is 0 Å². The predicted molar refractivity (Wildman–Crippen MR) is 97.5 cm³/mol. The van der Waals surface area contributed by atoms with Crippen molar-refractivity contribution in [1.29, 1.82) is 0 Å². The van der Waals surface area contributed by atoms with Gasteiger partial charge in [0.05, 0.1) is 6.54 Å². The number of benzene rings is 1. The lowest BCUT2D eigenvalue weighted by Crippen LogP contribution is -2.51. The maximum atomic E-state index is 12.4. The van der Waals surface area contributed by atoms with Crippen molar-refractivity contribution in [2.24, 2.45) is 0 Å². The standard InChI is InChI=1S/C18H26N6O/c1-15(12-24-14-19-13-20-24)21-18(25)23-10-8-17(9-11-23)22(2)16-6-4-3-5-7-16/h3-7,13-15,17H,8-12H2,1-2H3,(H,21,25). The zero-order valence-electron chi connectivity index (χ0n) is 14.9. The first-order chi connectivity index (χ1) is 12.1. The topological polar surface area (TPSA) is 66.3 Å². The van der Waals surface area contributed by atoms with Crippen molar-refractivity contribution in [3.8, 4) is 0 Å². The first-order valence-electron chi connectivity index (χ1n) is 8.79. The van der Waals surface area contributed by atoms with Crippen molar-refractivity contribution in [3.63, 3.8) is 0 Å². The van der Waals surface area contributed by atoms with Crippen LogP contribution >= 0.6 is 0 Å². The number of rotatable bonds is 5. The number of piperidine rings is 1. The summed E-state index contributed by atoms with van der Waals surface area (Å²) in [5.74, 6) is 0. The lowest BCUT2D eigenvalue weighted by Gasteiger charge is -2.38. The van der Waals surface area contributed by atoms with E-state index in [-0.39, 0.29) is 12.1 Å². The van der Waals surface area contributed by atoms with Crippen LogP contribution in [0.4, 0.5) is 10.5 Å². The third-order valence-electron chi connectivity index (χ3n) is 4.76. The van der Waals surface area contributed by atoms with Gasteiger partial charge in [-0.05, 0) is 31.9 Å². The Hall–Kier alpha value is -2.57. The molecule has 0 radical (unpaired) electrons. The Bertz CT molecular complexity index is 651. The molecule has 1 atom stereocenters. The molecule has 2 heterocycles. The van der Waals surface area contributed by atoms with Crippen LogP contribution in [-0.2, 0) is 6.54 Å². The highest BCUT2D eigenvalue weighted by Gasteiger charge is 2.26. The Morgan fingerprint density at radius 1 is 1.32 bits per heavy atom. The van der Waals surface area contributed by atoms with Crippen LogP contribution in [0.1, 0.15) is 19.8 Å². The molecule has 1 N–H and O–H groups in total. The summed E-state index contributed by atoms with van der Waals surface area (Å²) in [5, 5.41) is 7.12. The van der Waals surface area contributed by atoms with Gasteiger partial charge < -0.3 is 15.1 Å². The third kappa shape index (κ3) is 4.49. The molecular formula is C18H26N6O. The summed E-state index contributed by atoms with van der Waals surface area (Å²) >= 11 is 0. The van der Waals surface area contributed by atoms with Crippen molar-refractivity contribution in [2.75, 3.05) is 25.0 Å². The first kappa shape index (κ1) is 17.3. The molecule has 0 saturated carbocycles. The molecule has 1 fully saturated rings. The second-order valence-corrected chi connectivity index (χ2v) is 6.63. The molecule has 3 rings (SSSR count). The minimum Gasteiger partial charge on any atom is -0.371 e. The van der Waals surface area contributed by atoms with Crippen LogP contribution in [0.3, 0.4) is 0 Å². The van der Waals surface area contributed by atoms with Crippen LogP contribution in [0.15, 0.2) is 43.0 Å². The molecule has 1 saturated heterocycles. The number of nitrogens with zero attached hydrogens (tertiary/aromatic N) is 5. The normalized spacial score (nSPS) is 16.5. The van der Waals surface area contributed by atoms with Crippen LogP contribution in [0.25, 0.3) is 0 Å². The van der Waals surface area contributed by atoms with Crippen molar-refractivity contribution in [1.82, 2.24) is 25.0 Å². The predicted octanol–water partition coefficient (Wildman–Crippen LogP) is 1.98. The Kier molecular flexibility index (Phi) is 5.53. The zero-order valence-corrected chi connectivity index (χ0v) is 14.9. The van der Waals surface area contributed by atoms with Gasteiger partial charge in [-0.1, -0.05) is 18.2 Å². The van der Waals surface area contributed by atoms with E-state index in [4.69, 9.17) is 0 Å². The number of hydrogen-bond acceptors (Lipinski definition) is 4. The second-order valence-electron chi connectivity index (χ2n) is 6.63. The number of hydrogen-bond donors (Lipinski definition) is 1. The number of likely N-dealkylation sites (tertiary alicyclic amines) is 1. The summed E-state index contributed by atoms with van der Waals surface area (Å²) in [6, 6.07) is 10.9. The van der Waals surface area contributed by atoms with E-state index >= 15 is 0 Å². The Balaban J connectivity index is 1.46. The van der Waals surface area contributed by atoms with E-state index in [1.54, 1.807) is 11.0 Å². The molecule has 1 aliphatic heterocycles. The lowest BCUT2D eigenvalue weighted by molar-refractivity contribution is 0.176. The smallest absolute Gasteiger partial charge is 0.317 e. The van der Waals surface area contributed by atoms with Crippen LogP contribution in [0.5, 0.6) is 0 Å². The van der Waals surface area contributed by atoms with Crippen LogP contribution < -0.4 is 10.2 Å². The van der Waals surface area contributed by atoms with Gasteiger partial charge >= 0.3 is 6.03 Å². The monoisotopic (exact) mass is 342 g/mol. The highest BCUT2D eigenvalue weighted by Crippen LogP contribution is 2.21. The van der Waals surface area contributed by atoms with Gasteiger partial charge in [0.2, 0.25) is 0 Å². The molecule has 1 unspecified atom stereocenters. The molecular weight excluding hydrogens is 316 g/mol. The minimum absolute atomic E-state index is 0.00781. The fourth-order valence-corrected chi connectivity index (χ4v) is 3.29. The van der Waals surface area contributed by atoms with E-state index in [2.05, 4.69) is 51.6 Å². The average Bonchev–Trinajstić information content (AvgIpc) is 3.14. The summed E-state index contributed by atoms with van der Waals surface area (Å²) in [6.45, 7) is 4.17. The van der Waals surface area contributed by atoms with Gasteiger partial charge in [0.15, 0.2) is 0 Å². The molecule has 2 aromatic rings. The molecule has 0 aliphatic carbocycles. The number of para-hydroxylation sites is 1. The summed E-state index contributed by atoms with van der Waals surface area (Å²) in [7, 11) is 2.13. The number of anilines is 1. The van der Waals surface area contributed by atoms with Gasteiger partial charge in [0.1, 0.15) is 12.7 Å². The molecule has 25 heavy (non-hydrogen) atoms. The third-order valence-corrected chi connectivity index (χ3v) is 4.76. The summed E-state index contributed by atoms with van der Waals surface area (Å²) in [4.78, 5) is 20.6. The molecule has 1 aromatic carbocycles. The minimum atomic E-state index is 0.00781. The number of nitrogens with one attached hydrogen (secondary N) is 1. The van der Waals surface area contributed by atoms with Crippen molar-refractivity contribution < 1.29 is 4.79 Å². The maximum absolute atomic E-state index is 12.4. The molecule has 1 aromatic heterocycles. The molecule has 2 amide bonds. The number of amides is 2. The van der Waals surface area contributed by atoms with Gasteiger partial charge in [-0.3, -0.25) is 4.68 Å². The van der Waals surface area contributed by atoms with Crippen LogP contribution in [0.2, 0.25) is 0 Å². The van der Waals surface area contributed by atoms with Gasteiger partial charge in [-0.2, -0.15) is 5.10 Å². The van der Waals surface area contributed by atoms with Gasteiger partial charge in [-0.25, -0.2) is 9.78 Å². The Morgan fingerprint density at radius 2 is 2.04 bits per heavy atom. The molecule has 0 spiro atoms. The highest BCUT2D eigenvalue weighted by molar-refractivity contribution is 5.74. The van der Waals surface area contributed by atoms with Crippen molar-refractivity contribution >= 4 is 11.7 Å². The van der Waals surface area contributed by atoms with Gasteiger partial charge in [-0.15, -0.1) is 0 Å². The summed E-state index contributed by atoms with van der Waals surface area (Å²) in [5.41, 5.74) is 1.23. The van der Waals surface area contributed by atoms with E-state index in [0.717, 1.165) is 25.9 Å². The molecule has 134 valence electrons. The summed E-state index contributed by atoms with van der Waals surface area (Å²) < 4.78 is 1.73. The van der Waals surface area contributed by atoms with Crippen LogP contribution in [-0.4, -0.2) is 57.9 Å². The highest BCUT2D eigenvalue weighted by atomic mass is 16.2. The lowest BCUT2D eigenvalue weighted by atomic mass is 10.0. The largest absolute Gasteiger partial charge is 0.371 e. The number of urea groups is 1. The van der Waals surface area contributed by atoms with Crippen LogP contribution in [0, 0.1) is 0 Å². The number of carbonyl (C=O) groups excluding carboxylic acids is 1. The van der Waals surface area contributed by atoms with E-state index in [9.17, 15) is 4.79 Å². The SMILES string of the molecule is CC(Cn1cncn1)NC(=O)N1CCC(N(C)c2ccccc2)CC1. The Labute approximate surface area is 148 Å². The number of carbonyl (C=O) groups is 1. The van der Waals surface area contributed by atoms with E-state index in [1.807, 2.05) is 17.9 Å². The van der Waals surface area contributed by atoms with Gasteiger partial charge in [0, 0.05) is 37.9 Å². The van der Waals surface area contributed by atoms with E-state index in [1.165, 1.54) is 12.0 Å². The quantitative estimate of drug-likeness (QED) is 0.902. The fraction of sp³-hybridized carbons (Fsp3) is 0.500. The Morgan fingerprint density at radius 3 is 2.68 bits per heavy atom. The molecule has 7 nitrogen and oxygen atoms in total.